The Kier molecular flexibility index (Phi) is 5.21. The predicted molar refractivity (Wildman–Crippen MR) is 115 cm³/mol. The average Bonchev–Trinajstić information content (AvgIpc) is 3.60. The molecule has 158 valence electrons. The maximum atomic E-state index is 12.8. The Labute approximate surface area is 181 Å². The number of rotatable bonds is 4. The molecule has 3 atom stereocenters. The van der Waals surface area contributed by atoms with Gasteiger partial charge < -0.3 is 14.9 Å². The molecule has 1 aliphatic carbocycles. The Bertz CT molecular complexity index is 1040. The zero-order valence-electron chi connectivity index (χ0n) is 17.3. The first-order valence-corrected chi connectivity index (χ1v) is 10.8. The largest absolute Gasteiger partial charge is 0.394 e. The molecule has 3 heterocycles. The summed E-state index contributed by atoms with van der Waals surface area (Å²) in [5.41, 5.74) is 2.90. The number of pyridine rings is 1. The van der Waals surface area contributed by atoms with Crippen LogP contribution in [0.3, 0.4) is 0 Å². The summed E-state index contributed by atoms with van der Waals surface area (Å²) in [4.78, 5) is 33.1. The maximum absolute atomic E-state index is 12.8. The molecule has 1 saturated carbocycles. The first kappa shape index (κ1) is 19.8. The van der Waals surface area contributed by atoms with Crippen molar-refractivity contribution in [2.24, 2.45) is 5.92 Å². The van der Waals surface area contributed by atoms with Crippen molar-refractivity contribution in [3.8, 4) is 11.8 Å². The van der Waals surface area contributed by atoms with Crippen LogP contribution in [0.4, 0.5) is 0 Å². The molecule has 0 unspecified atom stereocenters. The van der Waals surface area contributed by atoms with E-state index in [2.05, 4.69) is 16.8 Å². The molecule has 2 saturated heterocycles. The minimum atomic E-state index is -0.239. The van der Waals surface area contributed by atoms with E-state index in [0.717, 1.165) is 16.7 Å². The van der Waals surface area contributed by atoms with E-state index in [1.54, 1.807) is 28.3 Å². The molecular formula is C25H25N3O3. The molecule has 2 aromatic rings. The van der Waals surface area contributed by atoms with Crippen molar-refractivity contribution in [1.29, 1.82) is 0 Å². The molecule has 0 bridgehead atoms. The van der Waals surface area contributed by atoms with Gasteiger partial charge in [0.2, 0.25) is 11.8 Å². The Hall–Kier alpha value is -3.17. The maximum Gasteiger partial charge on any atom is 0.242 e. The second-order valence-electron chi connectivity index (χ2n) is 8.62. The van der Waals surface area contributed by atoms with Gasteiger partial charge in [-0.2, -0.15) is 0 Å². The predicted octanol–water partition coefficient (Wildman–Crippen LogP) is 1.58. The van der Waals surface area contributed by atoms with E-state index in [9.17, 15) is 14.7 Å². The number of carbonyl (C=O) groups is 2. The number of nitrogens with zero attached hydrogens (tertiary/aromatic N) is 3. The van der Waals surface area contributed by atoms with E-state index in [4.69, 9.17) is 0 Å². The number of aromatic nitrogens is 1. The lowest BCUT2D eigenvalue weighted by Gasteiger charge is -2.58. The van der Waals surface area contributed by atoms with Crippen molar-refractivity contribution in [3.05, 3.63) is 65.5 Å². The standard InChI is InChI=1S/C25H25N3O3/c29-16-22-25(20-9-7-18(8-10-20)6-5-17-3-4-17)21-14-27(15-24(31)28(21)22)23(30)12-19-2-1-11-26-13-19/h1-2,7-11,13,17,21-22,25,29H,3-4,12,14-16H2/t21-,22-,25-/m1/s1. The van der Waals surface area contributed by atoms with Crippen molar-refractivity contribution in [2.75, 3.05) is 19.7 Å². The molecule has 1 N–H and O–H groups in total. The molecule has 5 rings (SSSR count). The molecule has 1 aromatic carbocycles. The number of aliphatic hydroxyl groups is 1. The number of benzene rings is 1. The van der Waals surface area contributed by atoms with Gasteiger partial charge in [0.25, 0.3) is 0 Å². The lowest BCUT2D eigenvalue weighted by molar-refractivity contribution is -0.166. The number of piperazine rings is 1. The van der Waals surface area contributed by atoms with E-state index in [0.29, 0.717) is 12.5 Å². The summed E-state index contributed by atoms with van der Waals surface area (Å²) in [5, 5.41) is 9.95. The van der Waals surface area contributed by atoms with Gasteiger partial charge in [-0.3, -0.25) is 14.6 Å². The highest BCUT2D eigenvalue weighted by molar-refractivity contribution is 5.88. The van der Waals surface area contributed by atoms with Gasteiger partial charge in [-0.05, 0) is 42.2 Å². The monoisotopic (exact) mass is 415 g/mol. The second-order valence-corrected chi connectivity index (χ2v) is 8.62. The van der Waals surface area contributed by atoms with Crippen LogP contribution in [0, 0.1) is 17.8 Å². The van der Waals surface area contributed by atoms with Gasteiger partial charge in [0.05, 0.1) is 31.7 Å². The molecule has 1 aromatic heterocycles. The van der Waals surface area contributed by atoms with Crippen LogP contribution in [-0.2, 0) is 16.0 Å². The highest BCUT2D eigenvalue weighted by atomic mass is 16.3. The number of amides is 2. The quantitative estimate of drug-likeness (QED) is 0.770. The Morgan fingerprint density at radius 3 is 2.68 bits per heavy atom. The van der Waals surface area contributed by atoms with E-state index < -0.39 is 0 Å². The third-order valence-corrected chi connectivity index (χ3v) is 6.48. The fraction of sp³-hybridized carbons (Fsp3) is 0.400. The van der Waals surface area contributed by atoms with Gasteiger partial charge >= 0.3 is 0 Å². The molecule has 3 fully saturated rings. The summed E-state index contributed by atoms with van der Waals surface area (Å²) in [7, 11) is 0. The van der Waals surface area contributed by atoms with Crippen LogP contribution in [-0.4, -0.2) is 63.5 Å². The Morgan fingerprint density at radius 1 is 1.19 bits per heavy atom. The van der Waals surface area contributed by atoms with Crippen LogP contribution in [0.25, 0.3) is 0 Å². The van der Waals surface area contributed by atoms with Crippen molar-refractivity contribution in [2.45, 2.75) is 37.3 Å². The molecule has 6 nitrogen and oxygen atoms in total. The zero-order valence-corrected chi connectivity index (χ0v) is 17.3. The van der Waals surface area contributed by atoms with Gasteiger partial charge in [-0.25, -0.2) is 0 Å². The number of fused-ring (bicyclic) bond motifs is 1. The van der Waals surface area contributed by atoms with Gasteiger partial charge in [0.1, 0.15) is 0 Å². The molecule has 0 radical (unpaired) electrons. The van der Waals surface area contributed by atoms with Crippen LogP contribution in [0.1, 0.15) is 35.4 Å². The minimum absolute atomic E-state index is 0.00776. The first-order chi connectivity index (χ1) is 15.1. The summed E-state index contributed by atoms with van der Waals surface area (Å²) in [6.07, 6.45) is 5.99. The average molecular weight is 415 g/mol. The van der Waals surface area contributed by atoms with Crippen molar-refractivity contribution >= 4 is 11.8 Å². The third-order valence-electron chi connectivity index (χ3n) is 6.48. The molecule has 2 aliphatic heterocycles. The summed E-state index contributed by atoms with van der Waals surface area (Å²) in [6.45, 7) is 0.462. The van der Waals surface area contributed by atoms with Crippen LogP contribution in [0.15, 0.2) is 48.8 Å². The summed E-state index contributed by atoms with van der Waals surface area (Å²) >= 11 is 0. The topological polar surface area (TPSA) is 73.7 Å². The summed E-state index contributed by atoms with van der Waals surface area (Å²) < 4.78 is 0. The van der Waals surface area contributed by atoms with E-state index >= 15 is 0 Å². The van der Waals surface area contributed by atoms with Crippen LogP contribution < -0.4 is 0 Å². The van der Waals surface area contributed by atoms with Crippen LogP contribution in [0.2, 0.25) is 0 Å². The number of hydrogen-bond acceptors (Lipinski definition) is 4. The third kappa shape index (κ3) is 3.94. The van der Waals surface area contributed by atoms with E-state index in [1.807, 2.05) is 30.3 Å². The van der Waals surface area contributed by atoms with Crippen molar-refractivity contribution in [1.82, 2.24) is 14.8 Å². The smallest absolute Gasteiger partial charge is 0.242 e. The summed E-state index contributed by atoms with van der Waals surface area (Å²) in [6, 6.07) is 11.4. The van der Waals surface area contributed by atoms with Crippen LogP contribution in [0.5, 0.6) is 0 Å². The molecule has 3 aliphatic rings. The van der Waals surface area contributed by atoms with Crippen molar-refractivity contribution < 1.29 is 14.7 Å². The van der Waals surface area contributed by atoms with Crippen molar-refractivity contribution in [3.63, 3.8) is 0 Å². The normalized spacial score (nSPS) is 24.7. The summed E-state index contributed by atoms with van der Waals surface area (Å²) in [5.74, 6) is 6.88. The highest BCUT2D eigenvalue weighted by Crippen LogP contribution is 2.43. The lowest BCUT2D eigenvalue weighted by atomic mass is 9.73. The first-order valence-electron chi connectivity index (χ1n) is 10.8. The Morgan fingerprint density at radius 2 is 2.00 bits per heavy atom. The van der Waals surface area contributed by atoms with Gasteiger partial charge in [-0.15, -0.1) is 0 Å². The van der Waals surface area contributed by atoms with Gasteiger partial charge in [-0.1, -0.05) is 30.0 Å². The van der Waals surface area contributed by atoms with Gasteiger partial charge in [0, 0.05) is 36.3 Å². The molecule has 31 heavy (non-hydrogen) atoms. The fourth-order valence-corrected chi connectivity index (χ4v) is 4.68. The minimum Gasteiger partial charge on any atom is -0.394 e. The SMILES string of the molecule is O=C(Cc1cccnc1)N1CC(=O)N2[C@H](CO)[C@H](c3ccc(C#CC4CC4)cc3)[C@H]2C1. The fourth-order valence-electron chi connectivity index (χ4n) is 4.68. The molecule has 2 amide bonds. The lowest BCUT2D eigenvalue weighted by Crippen LogP contribution is -2.73. The van der Waals surface area contributed by atoms with E-state index in [1.165, 1.54) is 12.8 Å². The second kappa shape index (κ2) is 8.16. The Balaban J connectivity index is 1.31. The van der Waals surface area contributed by atoms with Crippen LogP contribution >= 0.6 is 0 Å². The van der Waals surface area contributed by atoms with E-state index in [-0.39, 0.29) is 49.4 Å². The molecule has 0 spiro atoms. The zero-order chi connectivity index (χ0) is 21.4. The number of aliphatic hydroxyl groups excluding tert-OH is 1. The number of hydrogen-bond donors (Lipinski definition) is 1. The van der Waals surface area contributed by atoms with Gasteiger partial charge in [0.15, 0.2) is 0 Å². The molecule has 6 heteroatoms. The number of carbonyl (C=O) groups excluding carboxylic acids is 2. The highest BCUT2D eigenvalue weighted by Gasteiger charge is 2.54. The molecular weight excluding hydrogens is 390 g/mol.